The number of nitrogens with zero attached hydrogens (tertiary/aromatic N) is 2. The average Bonchev–Trinajstić information content (AvgIpc) is 3.23. The molecule has 4 rings (SSSR count). The van der Waals surface area contributed by atoms with Crippen LogP contribution in [0.15, 0.2) is 48.5 Å². The number of rotatable bonds is 8. The van der Waals surface area contributed by atoms with E-state index in [9.17, 15) is 9.18 Å². The first kappa shape index (κ1) is 23.2. The van der Waals surface area contributed by atoms with Crippen LogP contribution in [0.25, 0.3) is 11.0 Å². The van der Waals surface area contributed by atoms with Crippen molar-refractivity contribution in [2.24, 2.45) is 0 Å². The lowest BCUT2D eigenvalue weighted by molar-refractivity contribution is -0.0257. The normalized spacial score (nSPS) is 18.9. The van der Waals surface area contributed by atoms with E-state index < -0.39 is 5.85 Å². The van der Waals surface area contributed by atoms with Gasteiger partial charge in [0.1, 0.15) is 5.75 Å². The molecule has 176 valence electrons. The maximum absolute atomic E-state index is 13.6. The quantitative estimate of drug-likeness (QED) is 0.492. The van der Waals surface area contributed by atoms with Crippen LogP contribution in [-0.2, 0) is 6.54 Å². The standard InChI is InChI=1S/C26H33FN4O2/c1-4-31(25(32)24-29-22-10-5-6-11-23(22)30-24)20-9-7-8-19(16-20)28-17-18-12-14-21(15-13-18)33-26(2,3)27/h5-6,10-15,19-20,28H,4,7-9,16-17H2,1-3H3,(H,29,30)/t19-,20+/m1/s1. The molecule has 0 spiro atoms. The number of hydrogen-bond acceptors (Lipinski definition) is 4. The molecule has 1 aromatic heterocycles. The number of aromatic nitrogens is 2. The molecule has 2 atom stereocenters. The molecule has 2 N–H and O–H groups in total. The molecular formula is C26H33FN4O2. The van der Waals surface area contributed by atoms with Crippen LogP contribution in [0, 0.1) is 0 Å². The molecule has 6 nitrogen and oxygen atoms in total. The molecule has 0 saturated heterocycles. The molecule has 1 aliphatic carbocycles. The van der Waals surface area contributed by atoms with E-state index in [-0.39, 0.29) is 11.9 Å². The third-order valence-corrected chi connectivity index (χ3v) is 6.16. The van der Waals surface area contributed by atoms with Gasteiger partial charge in [-0.25, -0.2) is 4.98 Å². The van der Waals surface area contributed by atoms with Crippen molar-refractivity contribution in [3.8, 4) is 5.75 Å². The lowest BCUT2D eigenvalue weighted by atomic mass is 9.89. The van der Waals surface area contributed by atoms with E-state index in [1.54, 1.807) is 12.1 Å². The number of carbonyl (C=O) groups excluding carboxylic acids is 1. The summed E-state index contributed by atoms with van der Waals surface area (Å²) >= 11 is 0. The van der Waals surface area contributed by atoms with E-state index in [0.29, 0.717) is 24.2 Å². The van der Waals surface area contributed by atoms with Crippen LogP contribution in [0.1, 0.15) is 62.6 Å². The summed E-state index contributed by atoms with van der Waals surface area (Å²) in [5, 5.41) is 3.64. The van der Waals surface area contributed by atoms with E-state index in [4.69, 9.17) is 4.74 Å². The molecule has 7 heteroatoms. The van der Waals surface area contributed by atoms with Gasteiger partial charge >= 0.3 is 0 Å². The molecule has 2 aromatic carbocycles. The van der Waals surface area contributed by atoms with Gasteiger partial charge in [0, 0.05) is 39.0 Å². The summed E-state index contributed by atoms with van der Waals surface area (Å²) in [7, 11) is 0. The van der Waals surface area contributed by atoms with Crippen molar-refractivity contribution in [3.05, 3.63) is 59.9 Å². The van der Waals surface area contributed by atoms with Crippen molar-refractivity contribution in [2.45, 2.75) is 70.9 Å². The first-order valence-electron chi connectivity index (χ1n) is 11.8. The zero-order valence-corrected chi connectivity index (χ0v) is 19.6. The Kier molecular flexibility index (Phi) is 6.98. The second-order valence-electron chi connectivity index (χ2n) is 9.20. The van der Waals surface area contributed by atoms with Gasteiger partial charge < -0.3 is 19.9 Å². The number of aromatic amines is 1. The van der Waals surface area contributed by atoms with Crippen molar-refractivity contribution in [1.29, 1.82) is 0 Å². The zero-order chi connectivity index (χ0) is 23.4. The van der Waals surface area contributed by atoms with Crippen LogP contribution >= 0.6 is 0 Å². The lowest BCUT2D eigenvalue weighted by Crippen LogP contribution is -2.47. The number of H-pyrrole nitrogens is 1. The largest absolute Gasteiger partial charge is 0.459 e. The first-order chi connectivity index (χ1) is 15.8. The third-order valence-electron chi connectivity index (χ3n) is 6.16. The molecule has 0 unspecified atom stereocenters. The molecule has 1 fully saturated rings. The molecule has 1 aliphatic rings. The van der Waals surface area contributed by atoms with E-state index in [1.165, 1.54) is 13.8 Å². The Morgan fingerprint density at radius 2 is 1.97 bits per heavy atom. The third kappa shape index (κ3) is 5.90. The van der Waals surface area contributed by atoms with Gasteiger partial charge in [-0.05, 0) is 62.4 Å². The topological polar surface area (TPSA) is 70.2 Å². The molecule has 1 amide bonds. The Morgan fingerprint density at radius 1 is 1.21 bits per heavy atom. The second kappa shape index (κ2) is 9.91. The van der Waals surface area contributed by atoms with Crippen LogP contribution < -0.4 is 10.1 Å². The van der Waals surface area contributed by atoms with E-state index in [0.717, 1.165) is 48.8 Å². The second-order valence-corrected chi connectivity index (χ2v) is 9.20. The van der Waals surface area contributed by atoms with Gasteiger partial charge in [-0.2, -0.15) is 4.39 Å². The number of nitrogens with one attached hydrogen (secondary N) is 2. The first-order valence-corrected chi connectivity index (χ1v) is 11.8. The van der Waals surface area contributed by atoms with E-state index in [2.05, 4.69) is 15.3 Å². The minimum absolute atomic E-state index is 0.0364. The van der Waals surface area contributed by atoms with Crippen molar-refractivity contribution in [1.82, 2.24) is 20.2 Å². The van der Waals surface area contributed by atoms with Crippen LogP contribution in [-0.4, -0.2) is 45.3 Å². The van der Waals surface area contributed by atoms with Gasteiger partial charge in [-0.3, -0.25) is 4.79 Å². The number of hydrogen-bond donors (Lipinski definition) is 2. The number of ether oxygens (including phenoxy) is 1. The predicted octanol–water partition coefficient (Wildman–Crippen LogP) is 5.21. The Labute approximate surface area is 194 Å². The van der Waals surface area contributed by atoms with Crippen molar-refractivity contribution < 1.29 is 13.9 Å². The highest BCUT2D eigenvalue weighted by Crippen LogP contribution is 2.25. The minimum Gasteiger partial charge on any atom is -0.459 e. The molecule has 1 saturated carbocycles. The van der Waals surface area contributed by atoms with Crippen LogP contribution in [0.2, 0.25) is 0 Å². The molecule has 3 aromatic rings. The molecule has 0 aliphatic heterocycles. The van der Waals surface area contributed by atoms with Crippen molar-refractivity contribution in [2.75, 3.05) is 6.54 Å². The number of alkyl halides is 1. The zero-order valence-electron chi connectivity index (χ0n) is 19.6. The monoisotopic (exact) mass is 452 g/mol. The Bertz CT molecular complexity index is 1040. The number of para-hydroxylation sites is 2. The number of benzene rings is 2. The maximum atomic E-state index is 13.6. The average molecular weight is 453 g/mol. The summed E-state index contributed by atoms with van der Waals surface area (Å²) in [6.07, 6.45) is 4.08. The number of imidazole rings is 1. The molecule has 0 bridgehead atoms. The van der Waals surface area contributed by atoms with Crippen LogP contribution in [0.5, 0.6) is 5.75 Å². The number of halogens is 1. The van der Waals surface area contributed by atoms with E-state index in [1.807, 2.05) is 48.2 Å². The minimum atomic E-state index is -1.69. The Hall–Kier alpha value is -2.93. The fourth-order valence-corrected chi connectivity index (χ4v) is 4.61. The Balaban J connectivity index is 1.35. The highest BCUT2D eigenvalue weighted by molar-refractivity contribution is 5.94. The lowest BCUT2D eigenvalue weighted by Gasteiger charge is -2.37. The fraction of sp³-hybridized carbons (Fsp3) is 0.462. The maximum Gasteiger partial charge on any atom is 0.289 e. The van der Waals surface area contributed by atoms with Gasteiger partial charge in [0.15, 0.2) is 5.82 Å². The van der Waals surface area contributed by atoms with Gasteiger partial charge in [0.25, 0.3) is 5.91 Å². The van der Waals surface area contributed by atoms with Crippen molar-refractivity contribution in [3.63, 3.8) is 0 Å². The van der Waals surface area contributed by atoms with Crippen molar-refractivity contribution >= 4 is 16.9 Å². The molecule has 1 heterocycles. The van der Waals surface area contributed by atoms with Crippen LogP contribution in [0.4, 0.5) is 4.39 Å². The van der Waals surface area contributed by atoms with E-state index >= 15 is 0 Å². The number of amides is 1. The summed E-state index contributed by atoms with van der Waals surface area (Å²) in [6, 6.07) is 15.7. The summed E-state index contributed by atoms with van der Waals surface area (Å²) in [4.78, 5) is 22.9. The van der Waals surface area contributed by atoms with Crippen LogP contribution in [0.3, 0.4) is 0 Å². The summed E-state index contributed by atoms with van der Waals surface area (Å²) in [5.41, 5.74) is 2.81. The van der Waals surface area contributed by atoms with Gasteiger partial charge in [0.2, 0.25) is 5.85 Å². The van der Waals surface area contributed by atoms with Gasteiger partial charge in [0.05, 0.1) is 11.0 Å². The van der Waals surface area contributed by atoms with Gasteiger partial charge in [-0.1, -0.05) is 24.3 Å². The fourth-order valence-electron chi connectivity index (χ4n) is 4.61. The van der Waals surface area contributed by atoms with Gasteiger partial charge in [-0.15, -0.1) is 0 Å². The smallest absolute Gasteiger partial charge is 0.289 e. The summed E-state index contributed by atoms with van der Waals surface area (Å²) in [6.45, 7) is 6.18. The SMILES string of the molecule is CCN(C(=O)c1nc2ccccc2[nH]1)[C@H]1CCC[C@@H](NCc2ccc(OC(C)(C)F)cc2)C1. The molecule has 33 heavy (non-hydrogen) atoms. The summed E-state index contributed by atoms with van der Waals surface area (Å²) < 4.78 is 18.9. The number of carbonyl (C=O) groups is 1. The Morgan fingerprint density at radius 3 is 2.67 bits per heavy atom. The highest BCUT2D eigenvalue weighted by atomic mass is 19.2. The predicted molar refractivity (Wildman–Crippen MR) is 128 cm³/mol. The summed E-state index contributed by atoms with van der Waals surface area (Å²) in [5.74, 6) is -0.800. The molecule has 0 radical (unpaired) electrons. The number of fused-ring (bicyclic) bond motifs is 1. The molecular weight excluding hydrogens is 419 g/mol. The highest BCUT2D eigenvalue weighted by Gasteiger charge is 2.30.